The van der Waals surface area contributed by atoms with Gasteiger partial charge in [0.15, 0.2) is 5.78 Å². The standard InChI is InChI=1S/C8H9NO3/c1-9(12)5-6-2-3-7(10)4-8(6)11/h2-5,11-12H,1H3/b6-5+. The molecule has 0 heterocycles. The zero-order valence-electron chi connectivity index (χ0n) is 6.56. The van der Waals surface area contributed by atoms with Crippen LogP contribution in [0.5, 0.6) is 0 Å². The summed E-state index contributed by atoms with van der Waals surface area (Å²) in [6.45, 7) is 0. The molecule has 64 valence electrons. The topological polar surface area (TPSA) is 60.8 Å². The summed E-state index contributed by atoms with van der Waals surface area (Å²) in [5.41, 5.74) is 0.402. The van der Waals surface area contributed by atoms with Crippen LogP contribution in [-0.2, 0) is 4.79 Å². The summed E-state index contributed by atoms with van der Waals surface area (Å²) in [6.07, 6.45) is 5.14. The van der Waals surface area contributed by atoms with Crippen molar-refractivity contribution in [2.24, 2.45) is 0 Å². The molecule has 0 bridgehead atoms. The molecule has 12 heavy (non-hydrogen) atoms. The predicted octanol–water partition coefficient (Wildman–Crippen LogP) is 0.772. The predicted molar refractivity (Wildman–Crippen MR) is 42.5 cm³/mol. The first kappa shape index (κ1) is 8.55. The van der Waals surface area contributed by atoms with Crippen molar-refractivity contribution in [1.29, 1.82) is 0 Å². The summed E-state index contributed by atoms with van der Waals surface area (Å²) in [7, 11) is 1.41. The van der Waals surface area contributed by atoms with Gasteiger partial charge in [0.05, 0.1) is 0 Å². The molecule has 1 aliphatic carbocycles. The maximum Gasteiger partial charge on any atom is 0.182 e. The molecule has 0 fully saturated rings. The van der Waals surface area contributed by atoms with E-state index in [4.69, 9.17) is 5.21 Å². The molecule has 0 aromatic carbocycles. The number of hydrogen-bond acceptors (Lipinski definition) is 4. The van der Waals surface area contributed by atoms with Gasteiger partial charge in [-0.2, -0.15) is 0 Å². The second-order valence-electron chi connectivity index (χ2n) is 2.42. The number of aliphatic hydroxyl groups is 1. The number of carbonyl (C=O) groups excluding carboxylic acids is 1. The Morgan fingerprint density at radius 1 is 1.50 bits per heavy atom. The molecule has 2 N–H and O–H groups in total. The molecule has 1 aliphatic rings. The smallest absolute Gasteiger partial charge is 0.182 e. The van der Waals surface area contributed by atoms with Crippen LogP contribution in [0.15, 0.2) is 35.8 Å². The largest absolute Gasteiger partial charge is 0.507 e. The van der Waals surface area contributed by atoms with Crippen molar-refractivity contribution in [1.82, 2.24) is 5.06 Å². The van der Waals surface area contributed by atoms with Gasteiger partial charge in [0.2, 0.25) is 0 Å². The lowest BCUT2D eigenvalue weighted by molar-refractivity contribution is -0.110. The Hall–Kier alpha value is -1.55. The first-order valence-corrected chi connectivity index (χ1v) is 3.36. The minimum absolute atomic E-state index is 0.136. The van der Waals surface area contributed by atoms with Crippen LogP contribution >= 0.6 is 0 Å². The van der Waals surface area contributed by atoms with Crippen molar-refractivity contribution >= 4 is 5.78 Å². The Labute approximate surface area is 69.7 Å². The highest BCUT2D eigenvalue weighted by atomic mass is 16.5. The van der Waals surface area contributed by atoms with Gasteiger partial charge in [0, 0.05) is 24.9 Å². The molecule has 0 aromatic rings. The van der Waals surface area contributed by atoms with Gasteiger partial charge in [-0.05, 0) is 12.2 Å². The van der Waals surface area contributed by atoms with Gasteiger partial charge >= 0.3 is 0 Å². The van der Waals surface area contributed by atoms with E-state index in [1.165, 1.54) is 25.4 Å². The molecule has 0 saturated heterocycles. The van der Waals surface area contributed by atoms with E-state index < -0.39 is 0 Å². The van der Waals surface area contributed by atoms with Crippen LogP contribution in [0.4, 0.5) is 0 Å². The monoisotopic (exact) mass is 167 g/mol. The number of rotatable bonds is 1. The van der Waals surface area contributed by atoms with E-state index in [1.54, 1.807) is 0 Å². The molecule has 0 radical (unpaired) electrons. The van der Waals surface area contributed by atoms with Gasteiger partial charge in [0.1, 0.15) is 5.76 Å². The van der Waals surface area contributed by atoms with E-state index in [9.17, 15) is 9.90 Å². The minimum atomic E-state index is -0.259. The fraction of sp³-hybridized carbons (Fsp3) is 0.125. The van der Waals surface area contributed by atoms with E-state index in [0.717, 1.165) is 11.1 Å². The highest BCUT2D eigenvalue weighted by molar-refractivity contribution is 6.01. The summed E-state index contributed by atoms with van der Waals surface area (Å²) in [6, 6.07) is 0. The Bertz CT molecular complexity index is 287. The molecule has 0 aromatic heterocycles. The molecule has 0 atom stereocenters. The van der Waals surface area contributed by atoms with Crippen LogP contribution in [0.1, 0.15) is 0 Å². The normalized spacial score (nSPS) is 19.7. The maximum absolute atomic E-state index is 10.7. The van der Waals surface area contributed by atoms with Crippen molar-refractivity contribution < 1.29 is 15.1 Å². The quantitative estimate of drug-likeness (QED) is 0.566. The molecule has 0 amide bonds. The number of carbonyl (C=O) groups is 1. The summed E-state index contributed by atoms with van der Waals surface area (Å²) in [4.78, 5) is 10.7. The van der Waals surface area contributed by atoms with Crippen LogP contribution in [0.2, 0.25) is 0 Å². The fourth-order valence-corrected chi connectivity index (χ4v) is 0.834. The second kappa shape index (κ2) is 3.23. The van der Waals surface area contributed by atoms with Gasteiger partial charge in [0.25, 0.3) is 0 Å². The summed E-state index contributed by atoms with van der Waals surface area (Å²) < 4.78 is 0. The molecular formula is C8H9NO3. The number of hydrogen-bond donors (Lipinski definition) is 2. The van der Waals surface area contributed by atoms with Crippen LogP contribution in [0.25, 0.3) is 0 Å². The van der Waals surface area contributed by atoms with Crippen LogP contribution in [-0.4, -0.2) is 28.2 Å². The van der Waals surface area contributed by atoms with Gasteiger partial charge in [-0.15, -0.1) is 0 Å². The fourth-order valence-electron chi connectivity index (χ4n) is 0.834. The molecule has 1 rings (SSSR count). The average molecular weight is 167 g/mol. The molecule has 0 aliphatic heterocycles. The third-order valence-electron chi connectivity index (χ3n) is 1.33. The van der Waals surface area contributed by atoms with Crippen molar-refractivity contribution in [3.8, 4) is 0 Å². The molecule has 0 saturated carbocycles. The summed E-state index contributed by atoms with van der Waals surface area (Å²) in [5, 5.41) is 18.8. The SMILES string of the molecule is CN(O)/C=C1\C=CC(=O)C=C1O. The highest BCUT2D eigenvalue weighted by Crippen LogP contribution is 2.13. The van der Waals surface area contributed by atoms with Crippen LogP contribution < -0.4 is 0 Å². The maximum atomic E-state index is 10.7. The third kappa shape index (κ3) is 1.96. The van der Waals surface area contributed by atoms with Crippen LogP contribution in [0, 0.1) is 0 Å². The van der Waals surface area contributed by atoms with Crippen molar-refractivity contribution in [3.05, 3.63) is 35.8 Å². The molecule has 4 nitrogen and oxygen atoms in total. The van der Waals surface area contributed by atoms with Crippen molar-refractivity contribution in [3.63, 3.8) is 0 Å². The molecule has 0 spiro atoms. The Balaban J connectivity index is 2.89. The lowest BCUT2D eigenvalue weighted by atomic mass is 10.1. The minimum Gasteiger partial charge on any atom is -0.507 e. The first-order chi connectivity index (χ1) is 5.59. The zero-order chi connectivity index (χ0) is 9.14. The number of aliphatic hydroxyl groups excluding tert-OH is 1. The zero-order valence-corrected chi connectivity index (χ0v) is 6.56. The molecule has 0 unspecified atom stereocenters. The Kier molecular flexibility index (Phi) is 2.30. The third-order valence-corrected chi connectivity index (χ3v) is 1.33. The summed E-state index contributed by atoms with van der Waals surface area (Å²) in [5.74, 6) is -0.395. The van der Waals surface area contributed by atoms with Gasteiger partial charge in [-0.3, -0.25) is 15.1 Å². The van der Waals surface area contributed by atoms with Gasteiger partial charge in [-0.1, -0.05) is 0 Å². The van der Waals surface area contributed by atoms with Crippen LogP contribution in [0.3, 0.4) is 0 Å². The highest BCUT2D eigenvalue weighted by Gasteiger charge is 2.08. The second-order valence-corrected chi connectivity index (χ2v) is 2.42. The van der Waals surface area contributed by atoms with E-state index >= 15 is 0 Å². The van der Waals surface area contributed by atoms with Crippen molar-refractivity contribution in [2.45, 2.75) is 0 Å². The van der Waals surface area contributed by atoms with E-state index in [0.29, 0.717) is 5.57 Å². The van der Waals surface area contributed by atoms with Gasteiger partial charge in [-0.25, -0.2) is 0 Å². The number of hydroxylamine groups is 2. The first-order valence-electron chi connectivity index (χ1n) is 3.36. The van der Waals surface area contributed by atoms with Crippen molar-refractivity contribution in [2.75, 3.05) is 7.05 Å². The average Bonchev–Trinajstić information content (AvgIpc) is 1.94. The Morgan fingerprint density at radius 2 is 2.17 bits per heavy atom. The van der Waals surface area contributed by atoms with E-state index in [-0.39, 0.29) is 11.5 Å². The lowest BCUT2D eigenvalue weighted by Gasteiger charge is -2.08. The van der Waals surface area contributed by atoms with E-state index in [2.05, 4.69) is 0 Å². The lowest BCUT2D eigenvalue weighted by Crippen LogP contribution is -2.07. The summed E-state index contributed by atoms with van der Waals surface area (Å²) >= 11 is 0. The number of allylic oxidation sites excluding steroid dienone is 3. The molecule has 4 heteroatoms. The number of ketones is 1. The van der Waals surface area contributed by atoms with E-state index in [1.807, 2.05) is 0 Å². The number of nitrogens with zero attached hydrogens (tertiary/aromatic N) is 1. The Morgan fingerprint density at radius 3 is 2.67 bits per heavy atom. The van der Waals surface area contributed by atoms with Gasteiger partial charge < -0.3 is 5.11 Å². The molecular weight excluding hydrogens is 158 g/mol.